The number of benzene rings is 1. The molecule has 0 radical (unpaired) electrons. The van der Waals surface area contributed by atoms with Crippen LogP contribution in [0.25, 0.3) is 0 Å². The van der Waals surface area contributed by atoms with Gasteiger partial charge in [-0.1, -0.05) is 37.4 Å². The summed E-state index contributed by atoms with van der Waals surface area (Å²) in [5.74, 6) is -6.37. The lowest BCUT2D eigenvalue weighted by Crippen LogP contribution is -2.55. The van der Waals surface area contributed by atoms with Crippen LogP contribution < -0.4 is 0 Å². The highest BCUT2D eigenvalue weighted by Crippen LogP contribution is 2.46. The van der Waals surface area contributed by atoms with E-state index in [0.717, 1.165) is 12.1 Å². The van der Waals surface area contributed by atoms with Crippen LogP contribution in [0.5, 0.6) is 0 Å². The molecule has 0 spiro atoms. The van der Waals surface area contributed by atoms with Crippen LogP contribution in [-0.4, -0.2) is 41.6 Å². The molecule has 4 atom stereocenters. The average Bonchev–Trinajstić information content (AvgIpc) is 2.63. The Morgan fingerprint density at radius 1 is 1.18 bits per heavy atom. The zero-order valence-electron chi connectivity index (χ0n) is 15.6. The van der Waals surface area contributed by atoms with E-state index in [-0.39, 0.29) is 13.2 Å². The van der Waals surface area contributed by atoms with Gasteiger partial charge in [0.05, 0.1) is 11.5 Å². The van der Waals surface area contributed by atoms with E-state index in [1.165, 1.54) is 31.2 Å². The number of hydrogen-bond acceptors (Lipinski definition) is 6. The number of Topliss-reactive ketones (excluding diaryl/α,β-unsaturated/α-hetero) is 1. The van der Waals surface area contributed by atoms with Crippen molar-refractivity contribution in [1.29, 1.82) is 0 Å². The summed E-state index contributed by atoms with van der Waals surface area (Å²) >= 11 is 0. The van der Waals surface area contributed by atoms with E-state index in [9.17, 15) is 23.9 Å². The minimum Gasteiger partial charge on any atom is -0.461 e. The van der Waals surface area contributed by atoms with Crippen LogP contribution in [0.4, 0.5) is 4.39 Å². The zero-order valence-corrected chi connectivity index (χ0v) is 15.6. The maximum Gasteiger partial charge on any atom is 0.317 e. The first-order valence-corrected chi connectivity index (χ1v) is 8.78. The number of hydrogen-bond donors (Lipinski definition) is 1. The van der Waals surface area contributed by atoms with Crippen LogP contribution in [0.2, 0.25) is 0 Å². The zero-order chi connectivity index (χ0) is 20.9. The molecule has 1 aliphatic rings. The van der Waals surface area contributed by atoms with Crippen molar-refractivity contribution in [2.24, 2.45) is 11.8 Å². The quantitative estimate of drug-likeness (QED) is 0.437. The molecule has 2 rings (SSSR count). The summed E-state index contributed by atoms with van der Waals surface area (Å²) < 4.78 is 23.6. The standard InChI is InChI=1S/C21H23FO6/c1-4-10-27-19(24)17-15(23)12-21(3,26)18(20(25)28-11-5-2)16(17)13-6-8-14(22)9-7-13/h4-9,16-18,26H,1-2,10-12H2,3H3/t16-,17-,18+,21+/m1/s1. The van der Waals surface area contributed by atoms with Crippen molar-refractivity contribution >= 4 is 17.7 Å². The van der Waals surface area contributed by atoms with Crippen molar-refractivity contribution in [3.05, 3.63) is 61.0 Å². The van der Waals surface area contributed by atoms with Gasteiger partial charge in [0, 0.05) is 12.3 Å². The Bertz CT molecular complexity index is 768. The smallest absolute Gasteiger partial charge is 0.317 e. The van der Waals surface area contributed by atoms with Crippen LogP contribution in [-0.2, 0) is 23.9 Å². The fourth-order valence-corrected chi connectivity index (χ4v) is 3.56. The van der Waals surface area contributed by atoms with Gasteiger partial charge in [0.1, 0.15) is 24.9 Å². The van der Waals surface area contributed by atoms with Crippen molar-refractivity contribution < 1.29 is 33.4 Å². The molecule has 0 amide bonds. The van der Waals surface area contributed by atoms with Crippen LogP contribution in [0.3, 0.4) is 0 Å². The van der Waals surface area contributed by atoms with Gasteiger partial charge in [-0.2, -0.15) is 0 Å². The summed E-state index contributed by atoms with van der Waals surface area (Å²) in [7, 11) is 0. The van der Waals surface area contributed by atoms with E-state index in [0.29, 0.717) is 5.56 Å². The van der Waals surface area contributed by atoms with Gasteiger partial charge in [-0.25, -0.2) is 4.39 Å². The van der Waals surface area contributed by atoms with Gasteiger partial charge in [0.25, 0.3) is 0 Å². The van der Waals surface area contributed by atoms with E-state index in [4.69, 9.17) is 9.47 Å². The van der Waals surface area contributed by atoms with E-state index in [1.54, 1.807) is 0 Å². The second-order valence-electron chi connectivity index (χ2n) is 6.87. The number of ketones is 1. The molecule has 0 saturated heterocycles. The van der Waals surface area contributed by atoms with Crippen LogP contribution in [0, 0.1) is 17.7 Å². The molecule has 1 N–H and O–H groups in total. The highest BCUT2D eigenvalue weighted by molar-refractivity contribution is 6.02. The summed E-state index contributed by atoms with van der Waals surface area (Å²) in [4.78, 5) is 38.0. The molecule has 0 bridgehead atoms. The molecule has 1 aromatic carbocycles. The highest BCUT2D eigenvalue weighted by Gasteiger charge is 2.57. The van der Waals surface area contributed by atoms with Gasteiger partial charge in [-0.15, -0.1) is 0 Å². The van der Waals surface area contributed by atoms with Gasteiger partial charge in [-0.3, -0.25) is 14.4 Å². The summed E-state index contributed by atoms with van der Waals surface area (Å²) in [6, 6.07) is 5.05. The third-order valence-electron chi connectivity index (χ3n) is 4.72. The lowest BCUT2D eigenvalue weighted by molar-refractivity contribution is -0.171. The van der Waals surface area contributed by atoms with Crippen molar-refractivity contribution in [1.82, 2.24) is 0 Å². The Morgan fingerprint density at radius 3 is 2.25 bits per heavy atom. The van der Waals surface area contributed by atoms with Crippen LogP contribution in [0.15, 0.2) is 49.6 Å². The Kier molecular flexibility index (Phi) is 6.85. The number of carbonyl (C=O) groups excluding carboxylic acids is 3. The first-order valence-electron chi connectivity index (χ1n) is 8.78. The van der Waals surface area contributed by atoms with E-state index in [1.807, 2.05) is 0 Å². The first kappa shape index (κ1) is 21.5. The van der Waals surface area contributed by atoms with E-state index < -0.39 is 53.3 Å². The molecular weight excluding hydrogens is 367 g/mol. The normalized spacial score (nSPS) is 27.0. The fourth-order valence-electron chi connectivity index (χ4n) is 3.56. The van der Waals surface area contributed by atoms with Crippen molar-refractivity contribution in [3.63, 3.8) is 0 Å². The first-order chi connectivity index (χ1) is 13.2. The number of halogens is 1. The second kappa shape index (κ2) is 8.93. The number of rotatable bonds is 7. The molecule has 0 unspecified atom stereocenters. The van der Waals surface area contributed by atoms with Gasteiger partial charge >= 0.3 is 11.9 Å². The fraction of sp³-hybridized carbons (Fsp3) is 0.381. The summed E-state index contributed by atoms with van der Waals surface area (Å²) in [6.45, 7) is 8.06. The molecule has 1 aromatic rings. The molecule has 1 saturated carbocycles. The average molecular weight is 390 g/mol. The molecule has 0 aromatic heterocycles. The number of ether oxygens (including phenoxy) is 2. The minimum atomic E-state index is -1.76. The van der Waals surface area contributed by atoms with Gasteiger partial charge in [0.15, 0.2) is 5.78 Å². The molecule has 28 heavy (non-hydrogen) atoms. The SMILES string of the molecule is C=CCOC(=O)[C@@H]1C(=O)C[C@](C)(O)[C@H](C(=O)OCC=C)[C@@H]1c1ccc(F)cc1. The van der Waals surface area contributed by atoms with E-state index >= 15 is 0 Å². The number of esters is 2. The van der Waals surface area contributed by atoms with Crippen molar-refractivity contribution in [2.75, 3.05) is 13.2 Å². The lowest BCUT2D eigenvalue weighted by Gasteiger charge is -2.43. The lowest BCUT2D eigenvalue weighted by atomic mass is 9.62. The Morgan fingerprint density at radius 2 is 1.71 bits per heavy atom. The Balaban J connectivity index is 2.56. The molecule has 6 nitrogen and oxygen atoms in total. The molecule has 1 aliphatic carbocycles. The maximum atomic E-state index is 13.4. The predicted octanol–water partition coefficient (Wildman–Crippen LogP) is 2.32. The minimum absolute atomic E-state index is 0.0962. The third kappa shape index (κ3) is 4.54. The van der Waals surface area contributed by atoms with Gasteiger partial charge in [0.2, 0.25) is 0 Å². The second-order valence-corrected chi connectivity index (χ2v) is 6.87. The van der Waals surface area contributed by atoms with Gasteiger partial charge in [-0.05, 0) is 24.6 Å². The molecule has 150 valence electrons. The van der Waals surface area contributed by atoms with Crippen LogP contribution >= 0.6 is 0 Å². The Labute approximate surface area is 162 Å². The van der Waals surface area contributed by atoms with Crippen LogP contribution in [0.1, 0.15) is 24.8 Å². The van der Waals surface area contributed by atoms with E-state index in [2.05, 4.69) is 13.2 Å². The summed E-state index contributed by atoms with van der Waals surface area (Å²) in [6.07, 6.45) is 2.29. The third-order valence-corrected chi connectivity index (χ3v) is 4.72. The summed E-state index contributed by atoms with van der Waals surface area (Å²) in [5.41, 5.74) is -1.42. The Hall–Kier alpha value is -2.80. The molecule has 0 heterocycles. The molecule has 0 aliphatic heterocycles. The predicted molar refractivity (Wildman–Crippen MR) is 98.7 cm³/mol. The highest BCUT2D eigenvalue weighted by atomic mass is 19.1. The van der Waals surface area contributed by atoms with Gasteiger partial charge < -0.3 is 14.6 Å². The number of carbonyl (C=O) groups is 3. The molecule has 1 fully saturated rings. The maximum absolute atomic E-state index is 13.4. The summed E-state index contributed by atoms with van der Waals surface area (Å²) in [5, 5.41) is 10.8. The van der Waals surface area contributed by atoms with Crippen molar-refractivity contribution in [2.45, 2.75) is 24.9 Å². The largest absolute Gasteiger partial charge is 0.461 e. The topological polar surface area (TPSA) is 89.9 Å². The monoisotopic (exact) mass is 390 g/mol. The molecule has 7 heteroatoms. The number of aliphatic hydroxyl groups is 1. The van der Waals surface area contributed by atoms with Crippen molar-refractivity contribution in [3.8, 4) is 0 Å². The molecular formula is C21H23FO6.